The first kappa shape index (κ1) is 15.8. The molecule has 1 unspecified atom stereocenters. The van der Waals surface area contributed by atoms with Gasteiger partial charge in [0.1, 0.15) is 5.82 Å². The Bertz CT molecular complexity index is 604. The Morgan fingerprint density at radius 3 is 2.55 bits per heavy atom. The number of hydrogen-bond donors (Lipinski definition) is 0. The summed E-state index contributed by atoms with van der Waals surface area (Å²) < 4.78 is 26.3. The van der Waals surface area contributed by atoms with Crippen LogP contribution in [0.3, 0.4) is 0 Å². The minimum Gasteiger partial charge on any atom is -0.303 e. The molecule has 1 fully saturated rings. The zero-order valence-corrected chi connectivity index (χ0v) is 14.0. The first-order valence-electron chi connectivity index (χ1n) is 7.63. The van der Waals surface area contributed by atoms with Crippen molar-refractivity contribution in [3.8, 4) is 0 Å². The van der Waals surface area contributed by atoms with Crippen LogP contribution < -0.4 is 0 Å². The number of benzene rings is 1. The standard InChI is InChI=1S/C17H20FNOS2/c18-15-5-3-14(4-6-15)7-10-19-11-8-16(9-12-19)22(20)17-2-1-13-21-17/h1-6,13,16H,7-12H2. The van der Waals surface area contributed by atoms with Crippen LogP contribution in [0, 0.1) is 5.82 Å². The molecule has 2 heterocycles. The fourth-order valence-corrected chi connectivity index (χ4v) is 5.41. The lowest BCUT2D eigenvalue weighted by Gasteiger charge is -2.31. The molecule has 1 atom stereocenters. The molecule has 0 aliphatic carbocycles. The predicted octanol–water partition coefficient (Wildman–Crippen LogP) is 3.70. The first-order chi connectivity index (χ1) is 10.7. The van der Waals surface area contributed by atoms with Gasteiger partial charge in [0.25, 0.3) is 0 Å². The van der Waals surface area contributed by atoms with E-state index in [1.165, 1.54) is 17.7 Å². The van der Waals surface area contributed by atoms with Crippen LogP contribution in [0.25, 0.3) is 0 Å². The van der Waals surface area contributed by atoms with Crippen LogP contribution in [-0.2, 0) is 17.2 Å². The van der Waals surface area contributed by atoms with E-state index < -0.39 is 10.8 Å². The monoisotopic (exact) mass is 337 g/mol. The summed E-state index contributed by atoms with van der Waals surface area (Å²) in [5, 5.41) is 2.28. The summed E-state index contributed by atoms with van der Waals surface area (Å²) in [5.74, 6) is -0.180. The highest BCUT2D eigenvalue weighted by Crippen LogP contribution is 2.24. The van der Waals surface area contributed by atoms with Crippen molar-refractivity contribution in [1.29, 1.82) is 0 Å². The van der Waals surface area contributed by atoms with Crippen LogP contribution in [0.2, 0.25) is 0 Å². The van der Waals surface area contributed by atoms with Crippen LogP contribution in [0.5, 0.6) is 0 Å². The van der Waals surface area contributed by atoms with Gasteiger partial charge in [0.05, 0.1) is 15.0 Å². The zero-order valence-electron chi connectivity index (χ0n) is 12.4. The molecule has 1 aliphatic heterocycles. The predicted molar refractivity (Wildman–Crippen MR) is 90.3 cm³/mol. The molecule has 5 heteroatoms. The van der Waals surface area contributed by atoms with Crippen LogP contribution >= 0.6 is 11.3 Å². The third-order valence-electron chi connectivity index (χ3n) is 4.16. The number of hydrogen-bond acceptors (Lipinski definition) is 3. The van der Waals surface area contributed by atoms with Gasteiger partial charge in [-0.1, -0.05) is 18.2 Å². The third kappa shape index (κ3) is 4.03. The quantitative estimate of drug-likeness (QED) is 0.829. The first-order valence-corrected chi connectivity index (χ1v) is 9.72. The van der Waals surface area contributed by atoms with Gasteiger partial charge < -0.3 is 4.90 Å². The summed E-state index contributed by atoms with van der Waals surface area (Å²) in [4.78, 5) is 2.42. The number of rotatable bonds is 5. The molecule has 3 rings (SSSR count). The Hall–Kier alpha value is -1.04. The van der Waals surface area contributed by atoms with Gasteiger partial charge in [0.15, 0.2) is 0 Å². The molecule has 0 bridgehead atoms. The van der Waals surface area contributed by atoms with Gasteiger partial charge in [-0.25, -0.2) is 4.39 Å². The molecule has 0 amide bonds. The fourth-order valence-electron chi connectivity index (χ4n) is 2.83. The Balaban J connectivity index is 1.45. The van der Waals surface area contributed by atoms with Gasteiger partial charge >= 0.3 is 0 Å². The van der Waals surface area contributed by atoms with E-state index in [9.17, 15) is 8.60 Å². The van der Waals surface area contributed by atoms with Crippen LogP contribution in [0.4, 0.5) is 4.39 Å². The molecular formula is C17H20FNOS2. The molecule has 1 saturated heterocycles. The topological polar surface area (TPSA) is 20.3 Å². The molecular weight excluding hydrogens is 317 g/mol. The van der Waals surface area contributed by atoms with Crippen molar-refractivity contribution in [1.82, 2.24) is 4.90 Å². The van der Waals surface area contributed by atoms with E-state index in [-0.39, 0.29) is 5.82 Å². The van der Waals surface area contributed by atoms with Crippen LogP contribution in [0.15, 0.2) is 46.0 Å². The average molecular weight is 337 g/mol. The number of likely N-dealkylation sites (tertiary alicyclic amines) is 1. The molecule has 2 aromatic rings. The molecule has 0 saturated carbocycles. The number of piperidine rings is 1. The average Bonchev–Trinajstić information content (AvgIpc) is 3.09. The van der Waals surface area contributed by atoms with Gasteiger partial charge in [0, 0.05) is 11.8 Å². The summed E-state index contributed by atoms with van der Waals surface area (Å²) in [6.07, 6.45) is 2.93. The normalized spacial score (nSPS) is 18.4. The van der Waals surface area contributed by atoms with Crippen molar-refractivity contribution in [2.24, 2.45) is 0 Å². The van der Waals surface area contributed by atoms with E-state index in [0.29, 0.717) is 5.25 Å². The van der Waals surface area contributed by atoms with E-state index >= 15 is 0 Å². The van der Waals surface area contributed by atoms with E-state index in [2.05, 4.69) is 4.90 Å². The summed E-state index contributed by atoms with van der Waals surface area (Å²) in [5.41, 5.74) is 1.17. The lowest BCUT2D eigenvalue weighted by Crippen LogP contribution is -2.38. The highest BCUT2D eigenvalue weighted by atomic mass is 32.2. The van der Waals surface area contributed by atoms with Crippen molar-refractivity contribution in [2.75, 3.05) is 19.6 Å². The zero-order chi connectivity index (χ0) is 15.4. The summed E-state index contributed by atoms with van der Waals surface area (Å²) >= 11 is 1.59. The van der Waals surface area contributed by atoms with Gasteiger partial charge in [-0.3, -0.25) is 4.21 Å². The van der Waals surface area contributed by atoms with Crippen molar-refractivity contribution >= 4 is 22.1 Å². The second-order valence-electron chi connectivity index (χ2n) is 5.65. The maximum absolute atomic E-state index is 12.9. The van der Waals surface area contributed by atoms with E-state index in [1.54, 1.807) is 11.3 Å². The molecule has 0 radical (unpaired) electrons. The Labute approximate surface area is 137 Å². The van der Waals surface area contributed by atoms with Crippen molar-refractivity contribution < 1.29 is 8.60 Å². The molecule has 1 aliphatic rings. The van der Waals surface area contributed by atoms with Gasteiger partial charge in [0.2, 0.25) is 0 Å². The summed E-state index contributed by atoms with van der Waals surface area (Å²) in [6, 6.07) is 10.7. The summed E-state index contributed by atoms with van der Waals surface area (Å²) in [7, 11) is -0.846. The Morgan fingerprint density at radius 1 is 1.18 bits per heavy atom. The van der Waals surface area contributed by atoms with Gasteiger partial charge in [-0.2, -0.15) is 0 Å². The molecule has 0 spiro atoms. The second kappa shape index (κ2) is 7.49. The molecule has 22 heavy (non-hydrogen) atoms. The maximum atomic E-state index is 12.9. The Kier molecular flexibility index (Phi) is 5.39. The molecule has 0 N–H and O–H groups in total. The van der Waals surface area contributed by atoms with Gasteiger partial charge in [-0.15, -0.1) is 11.3 Å². The highest BCUT2D eigenvalue weighted by molar-refractivity contribution is 7.87. The van der Waals surface area contributed by atoms with E-state index in [0.717, 1.165) is 43.1 Å². The van der Waals surface area contributed by atoms with E-state index in [1.807, 2.05) is 29.6 Å². The van der Waals surface area contributed by atoms with Crippen molar-refractivity contribution in [2.45, 2.75) is 28.7 Å². The summed E-state index contributed by atoms with van der Waals surface area (Å²) in [6.45, 7) is 3.00. The molecule has 1 aromatic carbocycles. The number of thiophene rings is 1. The highest BCUT2D eigenvalue weighted by Gasteiger charge is 2.25. The second-order valence-corrected chi connectivity index (χ2v) is 8.55. The van der Waals surface area contributed by atoms with Crippen LogP contribution in [-0.4, -0.2) is 34.0 Å². The van der Waals surface area contributed by atoms with Crippen molar-refractivity contribution in [3.05, 3.63) is 53.2 Å². The lowest BCUT2D eigenvalue weighted by molar-refractivity contribution is 0.234. The number of nitrogens with zero attached hydrogens (tertiary/aromatic N) is 1. The molecule has 118 valence electrons. The largest absolute Gasteiger partial charge is 0.303 e. The third-order valence-corrected chi connectivity index (χ3v) is 7.21. The minimum atomic E-state index is -0.846. The van der Waals surface area contributed by atoms with E-state index in [4.69, 9.17) is 0 Å². The van der Waals surface area contributed by atoms with Crippen LogP contribution in [0.1, 0.15) is 18.4 Å². The lowest BCUT2D eigenvalue weighted by atomic mass is 10.1. The maximum Gasteiger partial charge on any atom is 0.123 e. The van der Waals surface area contributed by atoms with Crippen molar-refractivity contribution in [3.63, 3.8) is 0 Å². The Morgan fingerprint density at radius 2 is 1.91 bits per heavy atom. The fraction of sp³-hybridized carbons (Fsp3) is 0.412. The SMILES string of the molecule is O=S(c1cccs1)C1CCN(CCc2ccc(F)cc2)CC1. The minimum absolute atomic E-state index is 0.180. The number of halogens is 1. The molecule has 2 nitrogen and oxygen atoms in total. The smallest absolute Gasteiger partial charge is 0.123 e. The molecule has 1 aromatic heterocycles. The van der Waals surface area contributed by atoms with Gasteiger partial charge in [-0.05, 0) is 61.5 Å².